The van der Waals surface area contributed by atoms with Gasteiger partial charge >= 0.3 is 5.97 Å². The van der Waals surface area contributed by atoms with Crippen molar-refractivity contribution in [2.75, 3.05) is 52.5 Å². The molecule has 0 spiro atoms. The highest BCUT2D eigenvalue weighted by atomic mass is 16.5. The van der Waals surface area contributed by atoms with E-state index in [1.165, 1.54) is 238 Å². The van der Waals surface area contributed by atoms with Gasteiger partial charge in [-0.3, -0.25) is 9.59 Å². The van der Waals surface area contributed by atoms with E-state index in [-0.39, 0.29) is 5.97 Å². The summed E-state index contributed by atoms with van der Waals surface area (Å²) in [6.45, 7) is 20.7. The minimum absolute atomic E-state index is 0.0389. The van der Waals surface area contributed by atoms with Crippen LogP contribution in [0.15, 0.2) is 0 Å². The van der Waals surface area contributed by atoms with Crippen LogP contribution in [0.5, 0.6) is 0 Å². The Kier molecular flexibility index (Phi) is 45.0. The molecule has 2 atom stereocenters. The van der Waals surface area contributed by atoms with Crippen molar-refractivity contribution in [3.63, 3.8) is 0 Å². The molecule has 1 fully saturated rings. The summed E-state index contributed by atoms with van der Waals surface area (Å²) in [5, 5.41) is 0. The number of carbonyl (C=O) groups is 2. The molecule has 1 aliphatic rings. The number of carbonyl (C=O) groups excluding carboxylic acids is 2. The first-order chi connectivity index (χ1) is 28.0. The van der Waals surface area contributed by atoms with Crippen LogP contribution in [-0.2, 0) is 19.1 Å². The van der Waals surface area contributed by atoms with Gasteiger partial charge in [0.25, 0.3) is 6.47 Å². The molecule has 2 unspecified atom stereocenters. The van der Waals surface area contributed by atoms with Crippen LogP contribution in [-0.4, -0.2) is 74.7 Å². The minimum atomic E-state index is 0.0389. The number of ether oxygens (including phenoxy) is 2. The maximum atomic E-state index is 12.5. The Morgan fingerprint density at radius 1 is 0.509 bits per heavy atom. The van der Waals surface area contributed by atoms with Gasteiger partial charge < -0.3 is 19.3 Å². The average molecular weight is 807 g/mol. The van der Waals surface area contributed by atoms with Gasteiger partial charge in [-0.05, 0) is 95.8 Å². The molecule has 0 aromatic rings. The number of hydrogen-bond donors (Lipinski definition) is 0. The van der Waals surface area contributed by atoms with E-state index < -0.39 is 0 Å². The third-order valence-corrected chi connectivity index (χ3v) is 12.4. The lowest BCUT2D eigenvalue weighted by Crippen LogP contribution is -2.35. The molecular formula is C51H102N2O4. The van der Waals surface area contributed by atoms with Gasteiger partial charge in [-0.1, -0.05) is 189 Å². The second-order valence-electron chi connectivity index (χ2n) is 17.9. The van der Waals surface area contributed by atoms with E-state index in [1.54, 1.807) is 0 Å². The fraction of sp³-hybridized carbons (Fsp3) is 0.961. The van der Waals surface area contributed by atoms with Gasteiger partial charge in [0.1, 0.15) is 0 Å². The Morgan fingerprint density at radius 2 is 0.895 bits per heavy atom. The van der Waals surface area contributed by atoms with Crippen LogP contribution in [0.4, 0.5) is 0 Å². The molecule has 6 heteroatoms. The summed E-state index contributed by atoms with van der Waals surface area (Å²) in [7, 11) is 0. The van der Waals surface area contributed by atoms with Crippen molar-refractivity contribution in [2.45, 2.75) is 253 Å². The zero-order valence-electron chi connectivity index (χ0n) is 39.5. The summed E-state index contributed by atoms with van der Waals surface area (Å²) >= 11 is 0. The van der Waals surface area contributed by atoms with Crippen molar-refractivity contribution in [1.82, 2.24) is 9.80 Å². The summed E-state index contributed by atoms with van der Waals surface area (Å²) in [5.41, 5.74) is 0. The van der Waals surface area contributed by atoms with Gasteiger partial charge in [-0.15, -0.1) is 0 Å². The maximum absolute atomic E-state index is 12.5. The van der Waals surface area contributed by atoms with Gasteiger partial charge in [-0.25, -0.2) is 0 Å². The van der Waals surface area contributed by atoms with Crippen LogP contribution in [0.2, 0.25) is 0 Å². The highest BCUT2D eigenvalue weighted by Gasteiger charge is 2.15. The van der Waals surface area contributed by atoms with Crippen LogP contribution in [0.3, 0.4) is 0 Å². The van der Waals surface area contributed by atoms with Crippen LogP contribution < -0.4 is 0 Å². The van der Waals surface area contributed by atoms with Crippen molar-refractivity contribution >= 4 is 12.4 Å². The Balaban J connectivity index is 0.00000139. The average Bonchev–Trinajstić information content (AvgIpc) is 3.75. The Morgan fingerprint density at radius 3 is 1.35 bits per heavy atom. The third kappa shape index (κ3) is 40.1. The van der Waals surface area contributed by atoms with Gasteiger partial charge in [0, 0.05) is 19.5 Å². The zero-order valence-corrected chi connectivity index (χ0v) is 39.5. The molecule has 57 heavy (non-hydrogen) atoms. The number of esters is 1. The number of unbranched alkanes of at least 4 members (excludes halogenated alkanes) is 21. The standard InChI is InChI=1S/C34H68N2O2.C17H34O2/c1-4-7-10-13-14-17-24-33(23-16-11-8-5-2)32-38-34(37)25-18-15-20-27-35(26-19-12-9-6-3)30-31-36-28-21-22-29-36;1-3-5-7-9-10-12-14-17(15-19-16-18)13-11-8-6-4-2/h33H,4-32H2,1-3H3;16-17H,3-15H2,1-2H3. The van der Waals surface area contributed by atoms with Crippen LogP contribution in [0, 0.1) is 11.8 Å². The topological polar surface area (TPSA) is 59.1 Å². The summed E-state index contributed by atoms with van der Waals surface area (Å²) in [4.78, 5) is 28.1. The molecule has 1 aliphatic heterocycles. The number of nitrogens with zero attached hydrogens (tertiary/aromatic N) is 2. The van der Waals surface area contributed by atoms with Crippen LogP contribution >= 0.6 is 0 Å². The molecule has 6 nitrogen and oxygen atoms in total. The minimum Gasteiger partial charge on any atom is -0.468 e. The first-order valence-corrected chi connectivity index (χ1v) is 25.7. The molecular weight excluding hydrogens is 705 g/mol. The first kappa shape index (κ1) is 55.9. The Labute approximate surface area is 357 Å². The molecule has 340 valence electrons. The lowest BCUT2D eigenvalue weighted by atomic mass is 9.95. The van der Waals surface area contributed by atoms with E-state index in [0.717, 1.165) is 12.8 Å². The fourth-order valence-electron chi connectivity index (χ4n) is 8.39. The van der Waals surface area contributed by atoms with E-state index in [4.69, 9.17) is 9.47 Å². The molecule has 0 aromatic heterocycles. The van der Waals surface area contributed by atoms with E-state index in [0.29, 0.717) is 37.9 Å². The van der Waals surface area contributed by atoms with Gasteiger partial charge in [0.2, 0.25) is 0 Å². The van der Waals surface area contributed by atoms with Crippen LogP contribution in [0.25, 0.3) is 0 Å². The molecule has 0 aromatic carbocycles. The van der Waals surface area contributed by atoms with E-state index in [2.05, 4.69) is 44.4 Å². The summed E-state index contributed by atoms with van der Waals surface area (Å²) in [6.07, 6.45) is 43.6. The first-order valence-electron chi connectivity index (χ1n) is 25.7. The summed E-state index contributed by atoms with van der Waals surface area (Å²) in [5.74, 6) is 1.20. The highest BCUT2D eigenvalue weighted by Crippen LogP contribution is 2.21. The van der Waals surface area contributed by atoms with Crippen molar-refractivity contribution in [3.8, 4) is 0 Å². The van der Waals surface area contributed by atoms with Crippen molar-refractivity contribution < 1.29 is 19.1 Å². The second kappa shape index (κ2) is 45.9. The molecule has 0 bridgehead atoms. The zero-order chi connectivity index (χ0) is 41.7. The lowest BCUT2D eigenvalue weighted by Gasteiger charge is -2.25. The molecule has 0 amide bonds. The highest BCUT2D eigenvalue weighted by molar-refractivity contribution is 5.69. The van der Waals surface area contributed by atoms with Gasteiger partial charge in [-0.2, -0.15) is 0 Å². The van der Waals surface area contributed by atoms with Crippen LogP contribution in [0.1, 0.15) is 253 Å². The largest absolute Gasteiger partial charge is 0.468 e. The summed E-state index contributed by atoms with van der Waals surface area (Å²) in [6, 6.07) is 0. The molecule has 1 heterocycles. The van der Waals surface area contributed by atoms with Crippen molar-refractivity contribution in [1.29, 1.82) is 0 Å². The number of hydrogen-bond acceptors (Lipinski definition) is 6. The van der Waals surface area contributed by atoms with E-state index in [9.17, 15) is 9.59 Å². The smallest absolute Gasteiger partial charge is 0.305 e. The second-order valence-corrected chi connectivity index (χ2v) is 17.9. The maximum Gasteiger partial charge on any atom is 0.305 e. The fourth-order valence-corrected chi connectivity index (χ4v) is 8.39. The van der Waals surface area contributed by atoms with E-state index >= 15 is 0 Å². The monoisotopic (exact) mass is 807 g/mol. The lowest BCUT2D eigenvalue weighted by molar-refractivity contribution is -0.145. The predicted molar refractivity (Wildman–Crippen MR) is 248 cm³/mol. The Hall–Kier alpha value is -1.14. The van der Waals surface area contributed by atoms with Gasteiger partial charge in [0.05, 0.1) is 13.2 Å². The van der Waals surface area contributed by atoms with E-state index in [1.807, 2.05) is 0 Å². The SMILES string of the molecule is CCCCCCCCC(CCCCCC)COC(=O)CCCCCN(CCCCCC)CCN1CCCC1.CCCCCCCCC(CCCCCC)COC=O. The predicted octanol–water partition coefficient (Wildman–Crippen LogP) is 14.9. The number of likely N-dealkylation sites (tertiary alicyclic amines) is 1. The molecule has 0 saturated carbocycles. The molecule has 1 rings (SSSR count). The molecule has 1 saturated heterocycles. The summed E-state index contributed by atoms with van der Waals surface area (Å²) < 4.78 is 10.8. The van der Waals surface area contributed by atoms with Crippen molar-refractivity contribution in [3.05, 3.63) is 0 Å². The normalized spacial score (nSPS) is 14.1. The van der Waals surface area contributed by atoms with Gasteiger partial charge in [0.15, 0.2) is 0 Å². The van der Waals surface area contributed by atoms with Crippen molar-refractivity contribution in [2.24, 2.45) is 11.8 Å². The molecule has 0 radical (unpaired) electrons. The number of rotatable bonds is 43. The third-order valence-electron chi connectivity index (χ3n) is 12.4. The molecule has 0 N–H and O–H groups in total. The Bertz CT molecular complexity index is 804. The quantitative estimate of drug-likeness (QED) is 0.0347. The molecule has 0 aliphatic carbocycles.